The molecule has 0 amide bonds. The van der Waals surface area contributed by atoms with E-state index < -0.39 is 13.2 Å². The van der Waals surface area contributed by atoms with Crippen LogP contribution in [0.25, 0.3) is 0 Å². The van der Waals surface area contributed by atoms with Crippen molar-refractivity contribution >= 4 is 125 Å². The van der Waals surface area contributed by atoms with Crippen LogP contribution >= 0.6 is 113 Å². The Labute approximate surface area is 529 Å². The normalized spacial score (nSPS) is 8.43. The van der Waals surface area contributed by atoms with Crippen molar-refractivity contribution in [3.63, 3.8) is 0 Å². The topological polar surface area (TPSA) is 324 Å². The summed E-state index contributed by atoms with van der Waals surface area (Å²) in [6.07, 6.45) is 6.59. The molecule has 18 nitrogen and oxygen atoms in total. The summed E-state index contributed by atoms with van der Waals surface area (Å²) in [5.41, 5.74) is 7.19. The molecular weight excluding hydrogens is 1660 g/mol. The van der Waals surface area contributed by atoms with Crippen molar-refractivity contribution in [2.24, 2.45) is 35.1 Å². The van der Waals surface area contributed by atoms with Gasteiger partial charge in [0.25, 0.3) is 0 Å². The molecule has 68 heavy (non-hydrogen) atoms. The molecule has 5 aromatic heterocycles. The van der Waals surface area contributed by atoms with E-state index in [4.69, 9.17) is 27.0 Å². The Morgan fingerprint density at radius 3 is 0.956 bits per heavy atom. The van der Waals surface area contributed by atoms with Gasteiger partial charge in [-0.25, -0.2) is 21.7 Å². The van der Waals surface area contributed by atoms with Crippen LogP contribution in [0.5, 0.6) is 28.7 Å². The summed E-state index contributed by atoms with van der Waals surface area (Å²) in [7, 11) is 0. The number of ether oxygens (including phenoxy) is 2. The van der Waals surface area contributed by atoms with E-state index in [0.717, 1.165) is 25.2 Å². The first-order valence-corrected chi connectivity index (χ1v) is 22.6. The van der Waals surface area contributed by atoms with Crippen molar-refractivity contribution < 1.29 is 126 Å². The van der Waals surface area contributed by atoms with E-state index >= 15 is 0 Å². The number of alkyl halides is 9. The third-order valence-electron chi connectivity index (χ3n) is 4.91. The fourth-order valence-corrected chi connectivity index (χ4v) is 2.66. The van der Waals surface area contributed by atoms with Crippen LogP contribution in [0.1, 0.15) is 52.7 Å². The minimum atomic E-state index is -2.83. The van der Waals surface area contributed by atoms with Gasteiger partial charge >= 0.3 is 13.2 Å². The number of pyridine rings is 5. The van der Waals surface area contributed by atoms with Gasteiger partial charge in [-0.1, -0.05) is 128 Å². The molecule has 30 heteroatoms. The second kappa shape index (κ2) is 61.6. The Kier molecular flexibility index (Phi) is 82.4. The third-order valence-corrected chi connectivity index (χ3v) is 4.91. The van der Waals surface area contributed by atoms with E-state index in [2.05, 4.69) is 202 Å². The first-order valence-electron chi connectivity index (χ1n) is 16.9. The molecule has 0 aromatic carbocycles. The van der Waals surface area contributed by atoms with Crippen LogP contribution < -0.4 is 55.4 Å². The Hall–Kier alpha value is 0.272. The zero-order valence-corrected chi connectivity index (χ0v) is 54.3. The molecule has 0 aliphatic rings. The van der Waals surface area contributed by atoms with Gasteiger partial charge < -0.3 is 42.6 Å². The molecule has 17 N–H and O–H groups in total. The second-order valence-corrected chi connectivity index (χ2v) is 28.9. The largest absolute Gasteiger partial charge is 0.506 e. The van der Waals surface area contributed by atoms with E-state index in [0.29, 0.717) is 11.1 Å². The van der Waals surface area contributed by atoms with Crippen LogP contribution in [0.2, 0.25) is 0 Å². The Bertz CT molecular complexity index is 1640. The predicted molar refractivity (Wildman–Crippen MR) is 298 cm³/mol. The number of nitrogens with one attached hydrogen (secondary N) is 2. The molecule has 0 aliphatic carbocycles. The number of hydrogen-bond acceptors (Lipinski definition) is 18. The number of aromatic hydroxyl groups is 3. The van der Waals surface area contributed by atoms with Gasteiger partial charge in [0.15, 0.2) is 0 Å². The minimum Gasteiger partial charge on any atom is -0.506 e. The minimum absolute atomic E-state index is 0. The molecule has 3 radical (unpaired) electrons. The standard InChI is InChI=1S/C7H7F2NO.C6H7F2N3O.2C6H7NO.C5H7N3O.C2H3I3.C2H4I2.C2H5.2CH4.2H4N2.V.2Y/c1-5-2-3-6(4-10-5)11-7(8)9;7-6(8)12-4-1-2-5(11-9)10-3-4;2*1-5-2-3-6(8)4-7-5;6-8-5-2-1-4(9)3-7-5;1-2(3,4)5;1-2(3)4;1-2;;;2*1-2;;;/h2-4,7H,1H3;1-3,6H,9H2,(H,10,11);2*2-4,8H,1H3;1-3,9H,6H2,(H,7,8);1H3;2H,1H3;1H2,2H3;2*1H4;2*1-2H2;;;/q;;;;;;;-1;;;;;;;. The number of nitrogens with two attached hydrogens (primary N) is 6. The van der Waals surface area contributed by atoms with Gasteiger partial charge in [-0.3, -0.25) is 38.3 Å². The Morgan fingerprint density at radius 1 is 0.559 bits per heavy atom. The average molecular weight is 1720 g/mol. The molecule has 0 bridgehead atoms. The molecule has 0 fully saturated rings. The SMILES string of the molecule is C.C.CC(I)(I)I.CC(I)I.Cc1ccc(O)cn1.Cc1ccc(O)cn1.Cc1ccc(OC(F)F)cn1.NN.NN.NNc1ccc(O)cn1.NNc1ccc(OC(F)F)cn1.[CH2-]C.[V].[Y].[Y]. The maximum Gasteiger partial charge on any atom is 0.387 e. The van der Waals surface area contributed by atoms with Gasteiger partial charge in [0.05, 0.1) is 32.9 Å². The van der Waals surface area contributed by atoms with Crippen molar-refractivity contribution in [3.05, 3.63) is 116 Å². The number of nitrogens with zero attached hydrogens (tertiary/aromatic N) is 5. The van der Waals surface area contributed by atoms with Crippen LogP contribution in [0, 0.1) is 27.7 Å². The summed E-state index contributed by atoms with van der Waals surface area (Å²) in [5, 5.41) is 26.1. The fraction of sp³-hybridized carbons (Fsp3) is 0.316. The van der Waals surface area contributed by atoms with E-state index in [1.165, 1.54) is 49.1 Å². The Morgan fingerprint density at radius 2 is 0.779 bits per heavy atom. The molecule has 385 valence electrons. The van der Waals surface area contributed by atoms with Crippen LogP contribution in [0.3, 0.4) is 0 Å². The van der Waals surface area contributed by atoms with Gasteiger partial charge in [-0.2, -0.15) is 24.5 Å². The molecule has 5 rings (SSSR count). The summed E-state index contributed by atoms with van der Waals surface area (Å²) in [6.45, 7) is 9.20. The van der Waals surface area contributed by atoms with Crippen LogP contribution in [0.15, 0.2) is 91.6 Å². The number of halogens is 9. The maximum absolute atomic E-state index is 11.6. The van der Waals surface area contributed by atoms with Crippen LogP contribution in [0.4, 0.5) is 29.2 Å². The van der Waals surface area contributed by atoms with Gasteiger partial charge in [0, 0.05) is 101 Å². The van der Waals surface area contributed by atoms with Crippen molar-refractivity contribution in [3.8, 4) is 28.7 Å². The summed E-state index contributed by atoms with van der Waals surface area (Å²) in [4.78, 5) is 18.8. The zero-order chi connectivity index (χ0) is 50.0. The van der Waals surface area contributed by atoms with Crippen LogP contribution in [-0.4, -0.2) is 54.8 Å². The van der Waals surface area contributed by atoms with Crippen molar-refractivity contribution in [2.75, 3.05) is 10.9 Å². The first-order chi connectivity index (χ1) is 29.5. The summed E-state index contributed by atoms with van der Waals surface area (Å²) >= 11 is 11.7. The third kappa shape index (κ3) is 72.8. The number of hydrazine groups is 4. The number of anilines is 2. The van der Waals surface area contributed by atoms with Gasteiger partial charge in [-0.15, -0.1) is 0 Å². The average Bonchev–Trinajstić information content (AvgIpc) is 3.23. The quantitative estimate of drug-likeness (QED) is 0.0188. The number of nitrogen functional groups attached to an aromatic ring is 2. The molecule has 5 aromatic rings. The van der Waals surface area contributed by atoms with E-state index in [9.17, 15) is 17.6 Å². The summed E-state index contributed by atoms with van der Waals surface area (Å²) in [5.74, 6) is 27.6. The molecule has 0 unspecified atom stereocenters. The zero-order valence-electron chi connectivity index (χ0n) is 36.5. The second-order valence-electron chi connectivity index (χ2n) is 10.1. The van der Waals surface area contributed by atoms with Gasteiger partial charge in [0.2, 0.25) is 0 Å². The fourth-order valence-electron chi connectivity index (χ4n) is 2.66. The van der Waals surface area contributed by atoms with E-state index in [1.54, 1.807) is 50.2 Å². The Balaban J connectivity index is -0.0000000712. The van der Waals surface area contributed by atoms with E-state index in [1.807, 2.05) is 13.8 Å². The number of aromatic nitrogens is 5. The van der Waals surface area contributed by atoms with Crippen LogP contribution in [-0.2, 0) is 84.0 Å². The van der Waals surface area contributed by atoms with E-state index in [-0.39, 0.29) is 128 Å². The molecule has 0 saturated heterocycles. The van der Waals surface area contributed by atoms with Gasteiger partial charge in [0.1, 0.15) is 39.8 Å². The predicted octanol–water partition coefficient (Wildman–Crippen LogP) is 10.1. The molecule has 0 saturated carbocycles. The first kappa shape index (κ1) is 91.0. The molecular formula is C38H63F4I5N13O5VY2-. The van der Waals surface area contributed by atoms with Crippen molar-refractivity contribution in [1.29, 1.82) is 0 Å². The number of rotatable bonds is 6. The van der Waals surface area contributed by atoms with Crippen molar-refractivity contribution in [1.82, 2.24) is 24.9 Å². The summed E-state index contributed by atoms with van der Waals surface area (Å²) < 4.78 is 55.7. The van der Waals surface area contributed by atoms with Crippen molar-refractivity contribution in [2.45, 2.75) is 71.0 Å². The summed E-state index contributed by atoms with van der Waals surface area (Å²) in [6, 6.07) is 15.7. The monoisotopic (exact) mass is 1720 g/mol. The smallest absolute Gasteiger partial charge is 0.387 e. The number of hydrogen-bond donors (Lipinski definition) is 11. The number of aryl methyl sites for hydroxylation is 3. The molecule has 0 spiro atoms. The van der Waals surface area contributed by atoms with Gasteiger partial charge in [-0.05, 0) is 95.3 Å². The molecule has 0 aliphatic heterocycles. The molecule has 5 heterocycles. The maximum atomic E-state index is 11.6. The molecule has 0 atom stereocenters.